The molecular formula is C22H26BrNO. The zero-order chi connectivity index (χ0) is 17.6. The van der Waals surface area contributed by atoms with E-state index >= 15 is 0 Å². The Bertz CT molecular complexity index is 698. The quantitative estimate of drug-likeness (QED) is 0.578. The number of piperidine rings is 1. The van der Waals surface area contributed by atoms with Gasteiger partial charge < -0.3 is 4.74 Å². The molecule has 0 saturated carbocycles. The van der Waals surface area contributed by atoms with Crippen molar-refractivity contribution in [1.29, 1.82) is 0 Å². The van der Waals surface area contributed by atoms with Gasteiger partial charge in [0.1, 0.15) is 11.5 Å². The van der Waals surface area contributed by atoms with Crippen molar-refractivity contribution in [1.82, 2.24) is 4.90 Å². The monoisotopic (exact) mass is 399 g/mol. The number of nitrogens with zero attached hydrogens (tertiary/aromatic N) is 1. The average Bonchev–Trinajstić information content (AvgIpc) is 2.63. The first-order valence-corrected chi connectivity index (χ1v) is 9.82. The van der Waals surface area contributed by atoms with Gasteiger partial charge in [0.2, 0.25) is 0 Å². The second kappa shape index (κ2) is 8.68. The minimum Gasteiger partial charge on any atom is -0.457 e. The summed E-state index contributed by atoms with van der Waals surface area (Å²) in [4.78, 5) is 2.55. The molecule has 3 rings (SSSR count). The van der Waals surface area contributed by atoms with E-state index in [0.29, 0.717) is 0 Å². The smallest absolute Gasteiger partial charge is 0.127 e. The molecule has 0 unspecified atom stereocenters. The number of ether oxygens (including phenoxy) is 1. The van der Waals surface area contributed by atoms with Gasteiger partial charge in [-0.15, -0.1) is 0 Å². The summed E-state index contributed by atoms with van der Waals surface area (Å²) in [6.45, 7) is 8.05. The Morgan fingerprint density at radius 1 is 1.04 bits per heavy atom. The van der Waals surface area contributed by atoms with Gasteiger partial charge in [-0.3, -0.25) is 4.90 Å². The van der Waals surface area contributed by atoms with Crippen LogP contribution in [0.25, 0.3) is 5.57 Å². The lowest BCUT2D eigenvalue weighted by molar-refractivity contribution is 0.210. The molecule has 0 amide bonds. The second-order valence-corrected chi connectivity index (χ2v) is 7.87. The van der Waals surface area contributed by atoms with Crippen LogP contribution in [0, 0.1) is 5.92 Å². The average molecular weight is 400 g/mol. The van der Waals surface area contributed by atoms with E-state index < -0.39 is 0 Å². The van der Waals surface area contributed by atoms with Crippen LogP contribution in [0.15, 0.2) is 59.1 Å². The van der Waals surface area contributed by atoms with Crippen molar-refractivity contribution in [3.05, 3.63) is 64.6 Å². The van der Waals surface area contributed by atoms with Gasteiger partial charge in [-0.1, -0.05) is 41.1 Å². The van der Waals surface area contributed by atoms with Crippen molar-refractivity contribution in [2.45, 2.75) is 26.7 Å². The SMILES string of the molecule is CC(=CCN1CCC(C)CC1)c1ccc(Oc2ccc(Br)cc2)cc1. The fourth-order valence-electron chi connectivity index (χ4n) is 3.05. The van der Waals surface area contributed by atoms with Gasteiger partial charge in [0.25, 0.3) is 0 Å². The van der Waals surface area contributed by atoms with Crippen molar-refractivity contribution >= 4 is 21.5 Å². The van der Waals surface area contributed by atoms with E-state index in [1.807, 2.05) is 36.4 Å². The molecule has 1 fully saturated rings. The van der Waals surface area contributed by atoms with Crippen LogP contribution in [-0.4, -0.2) is 24.5 Å². The van der Waals surface area contributed by atoms with E-state index in [9.17, 15) is 0 Å². The molecule has 25 heavy (non-hydrogen) atoms. The molecule has 0 radical (unpaired) electrons. The summed E-state index contributed by atoms with van der Waals surface area (Å²) in [6.07, 6.45) is 5.00. The molecule has 2 aromatic rings. The van der Waals surface area contributed by atoms with Gasteiger partial charge in [-0.25, -0.2) is 0 Å². The Morgan fingerprint density at radius 3 is 2.20 bits per heavy atom. The maximum absolute atomic E-state index is 5.88. The molecule has 1 saturated heterocycles. The zero-order valence-electron chi connectivity index (χ0n) is 15.0. The molecule has 2 nitrogen and oxygen atoms in total. The molecule has 0 aromatic heterocycles. The van der Waals surface area contributed by atoms with E-state index in [0.717, 1.165) is 28.4 Å². The normalized spacial score (nSPS) is 16.8. The topological polar surface area (TPSA) is 12.5 Å². The van der Waals surface area contributed by atoms with Gasteiger partial charge >= 0.3 is 0 Å². The molecule has 0 spiro atoms. The maximum Gasteiger partial charge on any atom is 0.127 e. The predicted molar refractivity (Wildman–Crippen MR) is 109 cm³/mol. The van der Waals surface area contributed by atoms with Gasteiger partial charge in [0, 0.05) is 11.0 Å². The van der Waals surface area contributed by atoms with Gasteiger partial charge in [0.15, 0.2) is 0 Å². The first-order chi connectivity index (χ1) is 12.1. The van der Waals surface area contributed by atoms with Crippen molar-refractivity contribution in [2.24, 2.45) is 5.92 Å². The standard InChI is InChI=1S/C22H26BrNO/c1-17-11-14-24(15-12-17)16-13-18(2)19-3-7-21(8-4-19)25-22-9-5-20(23)6-10-22/h3-10,13,17H,11-12,14-16H2,1-2H3. The van der Waals surface area contributed by atoms with Crippen LogP contribution in [0.5, 0.6) is 11.5 Å². The van der Waals surface area contributed by atoms with Crippen LogP contribution in [0.2, 0.25) is 0 Å². The molecule has 0 N–H and O–H groups in total. The molecule has 132 valence electrons. The highest BCUT2D eigenvalue weighted by Gasteiger charge is 2.14. The maximum atomic E-state index is 5.88. The second-order valence-electron chi connectivity index (χ2n) is 6.95. The molecule has 0 atom stereocenters. The number of benzene rings is 2. The number of hydrogen-bond donors (Lipinski definition) is 0. The molecule has 2 aromatic carbocycles. The predicted octanol–water partition coefficient (Wildman–Crippen LogP) is 6.38. The van der Waals surface area contributed by atoms with Gasteiger partial charge in [0.05, 0.1) is 0 Å². The van der Waals surface area contributed by atoms with Crippen LogP contribution in [0.4, 0.5) is 0 Å². The minimum atomic E-state index is 0.850. The summed E-state index contributed by atoms with van der Waals surface area (Å²) < 4.78 is 6.94. The fourth-order valence-corrected chi connectivity index (χ4v) is 3.32. The summed E-state index contributed by atoms with van der Waals surface area (Å²) in [5.74, 6) is 2.60. The Balaban J connectivity index is 1.57. The Kier molecular flexibility index (Phi) is 6.33. The number of allylic oxidation sites excluding steroid dienone is 1. The molecule has 0 bridgehead atoms. The third kappa shape index (κ3) is 5.45. The van der Waals surface area contributed by atoms with Crippen molar-refractivity contribution < 1.29 is 4.74 Å². The Morgan fingerprint density at radius 2 is 1.60 bits per heavy atom. The number of rotatable bonds is 5. The lowest BCUT2D eigenvalue weighted by Gasteiger charge is -2.29. The molecule has 1 aliphatic rings. The largest absolute Gasteiger partial charge is 0.457 e. The van der Waals surface area contributed by atoms with Crippen LogP contribution in [0.3, 0.4) is 0 Å². The van der Waals surface area contributed by atoms with E-state index in [2.05, 4.69) is 52.9 Å². The first-order valence-electron chi connectivity index (χ1n) is 9.03. The highest BCUT2D eigenvalue weighted by Crippen LogP contribution is 2.25. The fraction of sp³-hybridized carbons (Fsp3) is 0.364. The Hall–Kier alpha value is -1.58. The van der Waals surface area contributed by atoms with Crippen LogP contribution < -0.4 is 4.74 Å². The van der Waals surface area contributed by atoms with Gasteiger partial charge in [-0.2, -0.15) is 0 Å². The number of likely N-dealkylation sites (tertiary alicyclic amines) is 1. The van der Waals surface area contributed by atoms with Gasteiger partial charge in [-0.05, 0) is 86.3 Å². The Labute approximate surface area is 159 Å². The first kappa shape index (κ1) is 18.2. The summed E-state index contributed by atoms with van der Waals surface area (Å²) in [6, 6.07) is 16.2. The molecular weight excluding hydrogens is 374 g/mol. The molecule has 0 aliphatic carbocycles. The van der Waals surface area contributed by atoms with E-state index in [-0.39, 0.29) is 0 Å². The number of halogens is 1. The zero-order valence-corrected chi connectivity index (χ0v) is 16.6. The minimum absolute atomic E-state index is 0.850. The van der Waals surface area contributed by atoms with E-state index in [4.69, 9.17) is 4.74 Å². The summed E-state index contributed by atoms with van der Waals surface area (Å²) in [5, 5.41) is 0. The summed E-state index contributed by atoms with van der Waals surface area (Å²) >= 11 is 3.44. The van der Waals surface area contributed by atoms with Crippen molar-refractivity contribution in [3.63, 3.8) is 0 Å². The van der Waals surface area contributed by atoms with Crippen molar-refractivity contribution in [2.75, 3.05) is 19.6 Å². The van der Waals surface area contributed by atoms with Crippen LogP contribution >= 0.6 is 15.9 Å². The lowest BCUT2D eigenvalue weighted by atomic mass is 9.99. The third-order valence-electron chi connectivity index (χ3n) is 4.89. The summed E-state index contributed by atoms with van der Waals surface area (Å²) in [5.41, 5.74) is 2.59. The molecule has 1 heterocycles. The lowest BCUT2D eigenvalue weighted by Crippen LogP contribution is -2.32. The number of hydrogen-bond acceptors (Lipinski definition) is 2. The molecule has 3 heteroatoms. The highest BCUT2D eigenvalue weighted by molar-refractivity contribution is 9.10. The van der Waals surface area contributed by atoms with Crippen LogP contribution in [0.1, 0.15) is 32.3 Å². The van der Waals surface area contributed by atoms with E-state index in [1.165, 1.54) is 37.1 Å². The van der Waals surface area contributed by atoms with E-state index in [1.54, 1.807) is 0 Å². The molecule has 1 aliphatic heterocycles. The van der Waals surface area contributed by atoms with Crippen LogP contribution in [-0.2, 0) is 0 Å². The summed E-state index contributed by atoms with van der Waals surface area (Å²) in [7, 11) is 0. The highest BCUT2D eigenvalue weighted by atomic mass is 79.9. The van der Waals surface area contributed by atoms with Crippen molar-refractivity contribution in [3.8, 4) is 11.5 Å². The third-order valence-corrected chi connectivity index (χ3v) is 5.42.